The second-order valence-corrected chi connectivity index (χ2v) is 7.16. The van der Waals surface area contributed by atoms with E-state index in [1.807, 2.05) is 6.92 Å². The Morgan fingerprint density at radius 1 is 1.09 bits per heavy atom. The summed E-state index contributed by atoms with van der Waals surface area (Å²) < 4.78 is 27.8. The molecule has 0 aliphatic carbocycles. The van der Waals surface area contributed by atoms with E-state index in [0.717, 1.165) is 16.8 Å². The molecule has 0 saturated heterocycles. The number of rotatable bonds is 8. The minimum Gasteiger partial charge on any atom is -0.505 e. The van der Waals surface area contributed by atoms with E-state index < -0.39 is 47.2 Å². The number of amides is 1. The monoisotopic (exact) mass is 458 g/mol. The number of hydrogen-bond acceptors (Lipinski definition) is 6. The number of nitrogens with zero attached hydrogens (tertiary/aromatic N) is 3. The molecule has 3 N–H and O–H groups in total. The van der Waals surface area contributed by atoms with Gasteiger partial charge in [0.1, 0.15) is 17.8 Å². The normalized spacial score (nSPS) is 10.8. The molecule has 2 heterocycles. The lowest BCUT2D eigenvalue weighted by Crippen LogP contribution is -2.37. The van der Waals surface area contributed by atoms with Crippen LogP contribution in [-0.2, 0) is 17.8 Å². The number of aromatic hydroxyl groups is 1. The van der Waals surface area contributed by atoms with Crippen molar-refractivity contribution < 1.29 is 28.6 Å². The van der Waals surface area contributed by atoms with Crippen LogP contribution in [-0.4, -0.2) is 43.4 Å². The lowest BCUT2D eigenvalue weighted by Gasteiger charge is -2.13. The van der Waals surface area contributed by atoms with Gasteiger partial charge >= 0.3 is 5.97 Å². The molecular formula is C22H20F2N4O5. The highest BCUT2D eigenvalue weighted by atomic mass is 19.1. The molecule has 33 heavy (non-hydrogen) atoms. The second kappa shape index (κ2) is 9.98. The predicted octanol–water partition coefficient (Wildman–Crippen LogP) is 2.10. The molecule has 1 amide bonds. The van der Waals surface area contributed by atoms with E-state index in [1.165, 1.54) is 0 Å². The van der Waals surface area contributed by atoms with Crippen LogP contribution in [0.1, 0.15) is 35.0 Å². The Labute approximate surface area is 186 Å². The van der Waals surface area contributed by atoms with Crippen LogP contribution in [0, 0.1) is 11.9 Å². The van der Waals surface area contributed by atoms with Crippen LogP contribution in [0.4, 0.5) is 8.78 Å². The average molecular weight is 458 g/mol. The summed E-state index contributed by atoms with van der Waals surface area (Å²) in [5.74, 6) is -4.82. The van der Waals surface area contributed by atoms with E-state index in [-0.39, 0.29) is 24.2 Å². The van der Waals surface area contributed by atoms with Gasteiger partial charge in [0.25, 0.3) is 11.5 Å². The van der Waals surface area contributed by atoms with E-state index in [9.17, 15) is 28.3 Å². The molecule has 2 aromatic heterocycles. The van der Waals surface area contributed by atoms with Crippen molar-refractivity contribution in [1.29, 1.82) is 0 Å². The Morgan fingerprint density at radius 2 is 1.73 bits per heavy atom. The fourth-order valence-corrected chi connectivity index (χ4v) is 3.18. The molecular weight excluding hydrogens is 438 g/mol. The molecule has 0 saturated carbocycles. The van der Waals surface area contributed by atoms with Crippen LogP contribution in [0.3, 0.4) is 0 Å². The van der Waals surface area contributed by atoms with E-state index >= 15 is 0 Å². The Morgan fingerprint density at radius 3 is 2.30 bits per heavy atom. The summed E-state index contributed by atoms with van der Waals surface area (Å²) in [5, 5.41) is 25.4. The van der Waals surface area contributed by atoms with Gasteiger partial charge in [0, 0.05) is 12.1 Å². The molecule has 3 rings (SSSR count). The first-order valence-corrected chi connectivity index (χ1v) is 9.95. The van der Waals surface area contributed by atoms with E-state index in [2.05, 4.69) is 15.4 Å². The first-order valence-electron chi connectivity index (χ1n) is 9.95. The van der Waals surface area contributed by atoms with Gasteiger partial charge in [-0.2, -0.15) is 18.9 Å². The number of nitrogens with one attached hydrogen (secondary N) is 1. The minimum atomic E-state index is -1.31. The summed E-state index contributed by atoms with van der Waals surface area (Å²) in [6.07, 6.45) is 0.853. The molecule has 0 aliphatic heterocycles. The Bertz CT molecular complexity index is 1240. The summed E-state index contributed by atoms with van der Waals surface area (Å²) >= 11 is 0. The number of benzene rings is 1. The predicted molar refractivity (Wildman–Crippen MR) is 113 cm³/mol. The van der Waals surface area contributed by atoms with Gasteiger partial charge in [-0.3, -0.25) is 14.4 Å². The largest absolute Gasteiger partial charge is 0.505 e. The summed E-state index contributed by atoms with van der Waals surface area (Å²) in [4.78, 5) is 39.0. The Kier molecular flexibility index (Phi) is 7.11. The van der Waals surface area contributed by atoms with Crippen molar-refractivity contribution in [3.05, 3.63) is 75.5 Å². The molecule has 1 aromatic carbocycles. The van der Waals surface area contributed by atoms with Crippen LogP contribution in [0.25, 0.3) is 11.1 Å². The van der Waals surface area contributed by atoms with E-state index in [0.29, 0.717) is 17.5 Å². The zero-order chi connectivity index (χ0) is 24.1. The number of carboxylic acid groups (broad SMARTS) is 1. The van der Waals surface area contributed by atoms with Crippen molar-refractivity contribution in [3.63, 3.8) is 0 Å². The number of carboxylic acids is 1. The first kappa shape index (κ1) is 23.5. The second-order valence-electron chi connectivity index (χ2n) is 7.16. The number of aliphatic carboxylic acids is 1. The third kappa shape index (κ3) is 5.56. The maximum Gasteiger partial charge on any atom is 0.322 e. The number of carbonyl (C=O) groups excluding carboxylic acids is 1. The summed E-state index contributed by atoms with van der Waals surface area (Å²) in [5.41, 5.74) is 0.0384. The molecule has 0 bridgehead atoms. The van der Waals surface area contributed by atoms with Gasteiger partial charge in [-0.1, -0.05) is 37.6 Å². The summed E-state index contributed by atoms with van der Waals surface area (Å²) in [7, 11) is 0. The van der Waals surface area contributed by atoms with Gasteiger partial charge in [-0.15, -0.1) is 0 Å². The standard InChI is InChI=1S/C22H20F2N4O5/c1-2-3-15-20(31)19(21(32)25-10-18(29)30)22(33)28(27-15)11-12-4-6-13(7-5-12)14-8-16(23)26-17(24)9-14/h4-9,31H,2-3,10-11H2,1H3,(H,25,32)(H,29,30). The number of carbonyl (C=O) groups is 2. The zero-order valence-corrected chi connectivity index (χ0v) is 17.5. The van der Waals surface area contributed by atoms with Crippen molar-refractivity contribution in [2.75, 3.05) is 6.54 Å². The molecule has 0 aliphatic rings. The molecule has 11 heteroatoms. The number of pyridine rings is 1. The highest BCUT2D eigenvalue weighted by molar-refractivity contribution is 5.98. The third-order valence-electron chi connectivity index (χ3n) is 4.70. The van der Waals surface area contributed by atoms with E-state index in [1.54, 1.807) is 24.3 Å². The van der Waals surface area contributed by atoms with Crippen LogP contribution in [0.15, 0.2) is 41.2 Å². The summed E-state index contributed by atoms with van der Waals surface area (Å²) in [6, 6.07) is 8.61. The fraction of sp³-hybridized carbons (Fsp3) is 0.227. The number of aryl methyl sites for hydroxylation is 1. The minimum absolute atomic E-state index is 0.0611. The van der Waals surface area contributed by atoms with Gasteiger partial charge in [-0.25, -0.2) is 4.68 Å². The van der Waals surface area contributed by atoms with Crippen LogP contribution < -0.4 is 10.9 Å². The fourth-order valence-electron chi connectivity index (χ4n) is 3.18. The molecule has 3 aromatic rings. The number of aromatic nitrogens is 3. The molecule has 0 radical (unpaired) electrons. The van der Waals surface area contributed by atoms with Crippen molar-refractivity contribution in [2.24, 2.45) is 0 Å². The molecule has 0 spiro atoms. The van der Waals surface area contributed by atoms with Crippen LogP contribution >= 0.6 is 0 Å². The molecule has 172 valence electrons. The highest BCUT2D eigenvalue weighted by Gasteiger charge is 2.23. The SMILES string of the molecule is CCCc1nn(Cc2ccc(-c3cc(F)nc(F)c3)cc2)c(=O)c(C(=O)NCC(=O)O)c1O. The number of halogens is 2. The number of hydrogen-bond donors (Lipinski definition) is 3. The van der Waals surface area contributed by atoms with Crippen molar-refractivity contribution >= 4 is 11.9 Å². The molecule has 0 atom stereocenters. The van der Waals surface area contributed by atoms with Gasteiger partial charge < -0.3 is 15.5 Å². The highest BCUT2D eigenvalue weighted by Crippen LogP contribution is 2.22. The maximum absolute atomic E-state index is 13.4. The lowest BCUT2D eigenvalue weighted by molar-refractivity contribution is -0.135. The topological polar surface area (TPSA) is 134 Å². The lowest BCUT2D eigenvalue weighted by atomic mass is 10.0. The molecule has 0 fully saturated rings. The van der Waals surface area contributed by atoms with Crippen molar-refractivity contribution in [2.45, 2.75) is 26.3 Å². The van der Waals surface area contributed by atoms with Gasteiger partial charge in [0.05, 0.1) is 6.54 Å². The molecule has 9 nitrogen and oxygen atoms in total. The van der Waals surface area contributed by atoms with Crippen LogP contribution in [0.2, 0.25) is 0 Å². The molecule has 0 unspecified atom stereocenters. The van der Waals surface area contributed by atoms with E-state index in [4.69, 9.17) is 5.11 Å². The Balaban J connectivity index is 1.94. The maximum atomic E-state index is 13.4. The summed E-state index contributed by atoms with van der Waals surface area (Å²) in [6.45, 7) is 1.04. The van der Waals surface area contributed by atoms with Crippen molar-refractivity contribution in [1.82, 2.24) is 20.1 Å². The van der Waals surface area contributed by atoms with Gasteiger partial charge in [0.15, 0.2) is 5.75 Å². The Hall–Kier alpha value is -4.15. The first-order chi connectivity index (χ1) is 15.7. The zero-order valence-electron chi connectivity index (χ0n) is 17.5. The quantitative estimate of drug-likeness (QED) is 0.440. The van der Waals surface area contributed by atoms with Gasteiger partial charge in [0.2, 0.25) is 11.9 Å². The van der Waals surface area contributed by atoms with Crippen LogP contribution in [0.5, 0.6) is 5.75 Å². The smallest absolute Gasteiger partial charge is 0.322 e. The van der Waals surface area contributed by atoms with Crippen molar-refractivity contribution in [3.8, 4) is 16.9 Å². The van der Waals surface area contributed by atoms with Gasteiger partial charge in [-0.05, 0) is 23.1 Å². The average Bonchev–Trinajstić information content (AvgIpc) is 2.75. The third-order valence-corrected chi connectivity index (χ3v) is 4.70.